The maximum Gasteiger partial charge on any atom is 0.511 e. The first-order valence-corrected chi connectivity index (χ1v) is 13.3. The highest BCUT2D eigenvalue weighted by Crippen LogP contribution is 2.47. The number of carbonyl (C=O) groups is 1. The maximum atomic E-state index is 13.5. The third-order valence-corrected chi connectivity index (χ3v) is 6.84. The number of benzene rings is 4. The lowest BCUT2D eigenvalue weighted by Gasteiger charge is -2.16. The van der Waals surface area contributed by atoms with Crippen molar-refractivity contribution in [3.63, 3.8) is 0 Å². The Morgan fingerprint density at radius 2 is 1.55 bits per heavy atom. The summed E-state index contributed by atoms with van der Waals surface area (Å²) in [5.74, 6) is -0.0615. The zero-order chi connectivity index (χ0) is 27.6. The molecule has 1 unspecified atom stereocenters. The molecule has 0 spiro atoms. The number of hydrogen-bond acceptors (Lipinski definition) is 6. The van der Waals surface area contributed by atoms with Crippen LogP contribution in [0.3, 0.4) is 0 Å². The number of phosphoric acid groups is 1. The van der Waals surface area contributed by atoms with Crippen molar-refractivity contribution in [2.45, 2.75) is 7.43 Å². The summed E-state index contributed by atoms with van der Waals surface area (Å²) >= 11 is 0. The number of esters is 1. The Labute approximate surface area is 232 Å². The highest BCUT2D eigenvalue weighted by atomic mass is 31.2. The van der Waals surface area contributed by atoms with Crippen LogP contribution in [-0.2, 0) is 20.6 Å². The van der Waals surface area contributed by atoms with E-state index < -0.39 is 13.8 Å². The van der Waals surface area contributed by atoms with E-state index in [-0.39, 0.29) is 18.9 Å². The Balaban J connectivity index is 0.00000370. The standard InChI is InChI=1S/C29H21BNO7P.CH4/c1-31-25-10-6-5-9-23(25)28(29(33)36-22-7-3-2-4-8-22)24-16-13-20(18-26(24)31)27(37-39(34,35)38-30)17-19-11-14-21(32)15-12-19;/h2-18H,1H3,(H,34,35);1H4/p+1. The normalized spacial score (nSPS) is 12.9. The number of pyridine rings is 1. The minimum absolute atomic E-state index is 0. The highest BCUT2D eigenvalue weighted by molar-refractivity contribution is 7.48. The van der Waals surface area contributed by atoms with E-state index in [1.807, 2.05) is 41.9 Å². The van der Waals surface area contributed by atoms with E-state index in [4.69, 9.17) is 17.3 Å². The molecule has 5 rings (SSSR count). The second kappa shape index (κ2) is 11.8. The van der Waals surface area contributed by atoms with E-state index in [1.165, 1.54) is 18.2 Å². The second-order valence-electron chi connectivity index (χ2n) is 8.65. The summed E-state index contributed by atoms with van der Waals surface area (Å²) < 4.78 is 29.3. The largest absolute Gasteiger partial charge is 0.511 e. The van der Waals surface area contributed by atoms with Gasteiger partial charge < -0.3 is 18.8 Å². The van der Waals surface area contributed by atoms with E-state index in [2.05, 4.69) is 4.44 Å². The molecule has 0 aliphatic heterocycles. The lowest BCUT2D eigenvalue weighted by atomic mass is 9.99. The minimum Gasteiger partial charge on any atom is -0.508 e. The van der Waals surface area contributed by atoms with Crippen molar-refractivity contribution in [2.75, 3.05) is 0 Å². The van der Waals surface area contributed by atoms with Gasteiger partial charge in [0, 0.05) is 17.7 Å². The molecule has 0 saturated heterocycles. The van der Waals surface area contributed by atoms with Gasteiger partial charge in [-0.15, -0.1) is 0 Å². The summed E-state index contributed by atoms with van der Waals surface area (Å²) in [5.41, 5.74) is 2.76. The molecule has 200 valence electrons. The minimum atomic E-state index is -4.64. The molecule has 2 radical (unpaired) electrons. The van der Waals surface area contributed by atoms with Gasteiger partial charge in [0.15, 0.2) is 0 Å². The van der Waals surface area contributed by atoms with Crippen LogP contribution < -0.4 is 9.30 Å². The number of aromatic hydroxyl groups is 1. The van der Waals surface area contributed by atoms with Crippen LogP contribution in [0.15, 0.2) is 97.1 Å². The fourth-order valence-corrected chi connectivity index (χ4v) is 4.77. The molecule has 4 aromatic carbocycles. The van der Waals surface area contributed by atoms with Gasteiger partial charge in [-0.25, -0.2) is 9.36 Å². The quantitative estimate of drug-likeness (QED) is 0.0367. The molecule has 1 heterocycles. The fraction of sp³-hybridized carbons (Fsp3) is 0.0667. The SMILES string of the molecule is C.[B]OP(=O)(O)O/C(=C\c1ccc(O)cc1)c1ccc2c(C(=O)Oc3ccccc3)c3ccccc3[n+](C)c2c1. The number of aromatic nitrogens is 1. The summed E-state index contributed by atoms with van der Waals surface area (Å²) in [4.78, 5) is 23.5. The topological polar surface area (TPSA) is 106 Å². The molecule has 40 heavy (non-hydrogen) atoms. The van der Waals surface area contributed by atoms with Gasteiger partial charge in [0.1, 0.15) is 24.3 Å². The van der Waals surface area contributed by atoms with Crippen LogP contribution >= 0.6 is 7.82 Å². The first kappa shape index (κ1) is 28.6. The van der Waals surface area contributed by atoms with Gasteiger partial charge in [-0.1, -0.05) is 56.0 Å². The van der Waals surface area contributed by atoms with E-state index in [1.54, 1.807) is 54.6 Å². The average molecular weight is 554 g/mol. The number of ether oxygens (including phenoxy) is 1. The smallest absolute Gasteiger partial charge is 0.508 e. The van der Waals surface area contributed by atoms with Gasteiger partial charge in [-0.05, 0) is 48.0 Å². The van der Waals surface area contributed by atoms with E-state index in [0.717, 1.165) is 5.52 Å². The van der Waals surface area contributed by atoms with E-state index >= 15 is 0 Å². The molecular weight excluding hydrogens is 528 g/mol. The Morgan fingerprint density at radius 3 is 2.25 bits per heavy atom. The molecule has 0 aliphatic carbocycles. The van der Waals surface area contributed by atoms with Crippen molar-refractivity contribution in [1.82, 2.24) is 0 Å². The predicted octanol–water partition coefficient (Wildman–Crippen LogP) is 6.09. The fourth-order valence-electron chi connectivity index (χ4n) is 4.32. The first-order chi connectivity index (χ1) is 18.8. The summed E-state index contributed by atoms with van der Waals surface area (Å²) in [6.07, 6.45) is 1.51. The van der Waals surface area contributed by atoms with Crippen LogP contribution in [0.25, 0.3) is 33.6 Å². The molecule has 10 heteroatoms. The van der Waals surface area contributed by atoms with Gasteiger partial charge in [-0.2, -0.15) is 4.57 Å². The van der Waals surface area contributed by atoms with Crippen molar-refractivity contribution in [1.29, 1.82) is 0 Å². The number of nitrogens with zero attached hydrogens (tertiary/aromatic N) is 1. The molecule has 0 saturated carbocycles. The summed E-state index contributed by atoms with van der Waals surface area (Å²) in [6, 6.07) is 27.5. The number of aryl methyl sites for hydroxylation is 1. The summed E-state index contributed by atoms with van der Waals surface area (Å²) in [7, 11) is 2.20. The van der Waals surface area contributed by atoms with Gasteiger partial charge in [-0.3, -0.25) is 4.89 Å². The number of hydrogen-bond donors (Lipinski definition) is 2. The number of phosphoric ester groups is 1. The van der Waals surface area contributed by atoms with Crippen molar-refractivity contribution < 1.29 is 37.6 Å². The van der Waals surface area contributed by atoms with Crippen LogP contribution in [0.4, 0.5) is 0 Å². The number of para-hydroxylation sites is 2. The second-order valence-corrected chi connectivity index (χ2v) is 9.98. The molecule has 0 amide bonds. The number of phenolic OH excluding ortho intramolecular Hbond substituents is 1. The molecule has 0 bridgehead atoms. The van der Waals surface area contributed by atoms with Crippen LogP contribution in [0.1, 0.15) is 28.9 Å². The lowest BCUT2D eigenvalue weighted by molar-refractivity contribution is -0.617. The van der Waals surface area contributed by atoms with Crippen LogP contribution in [0, 0.1) is 0 Å². The van der Waals surface area contributed by atoms with Gasteiger partial charge in [0.2, 0.25) is 11.0 Å². The summed E-state index contributed by atoms with van der Waals surface area (Å²) in [6.45, 7) is 0. The molecule has 0 fully saturated rings. The van der Waals surface area contributed by atoms with Crippen LogP contribution in [0.5, 0.6) is 11.5 Å². The van der Waals surface area contributed by atoms with Gasteiger partial charge in [0.05, 0.1) is 16.3 Å². The third kappa shape index (κ3) is 5.92. The van der Waals surface area contributed by atoms with Crippen molar-refractivity contribution in [2.24, 2.45) is 7.05 Å². The predicted molar refractivity (Wildman–Crippen MR) is 154 cm³/mol. The Kier molecular flexibility index (Phi) is 8.40. The molecular formula is C30H26BNO7P+. The molecule has 5 aromatic rings. The first-order valence-electron chi connectivity index (χ1n) is 11.8. The van der Waals surface area contributed by atoms with E-state index in [9.17, 15) is 19.4 Å². The Morgan fingerprint density at radius 1 is 0.900 bits per heavy atom. The van der Waals surface area contributed by atoms with Crippen molar-refractivity contribution in [3.8, 4) is 11.5 Å². The van der Waals surface area contributed by atoms with Gasteiger partial charge >= 0.3 is 21.8 Å². The molecule has 1 atom stereocenters. The Hall–Kier alpha value is -4.43. The lowest BCUT2D eigenvalue weighted by Crippen LogP contribution is -2.31. The van der Waals surface area contributed by atoms with E-state index in [0.29, 0.717) is 38.7 Å². The molecule has 0 aliphatic rings. The highest BCUT2D eigenvalue weighted by Gasteiger charge is 2.27. The molecule has 2 N–H and O–H groups in total. The van der Waals surface area contributed by atoms with Gasteiger partial charge in [0.25, 0.3) is 0 Å². The average Bonchev–Trinajstić information content (AvgIpc) is 2.94. The van der Waals surface area contributed by atoms with Crippen LogP contribution in [-0.4, -0.2) is 24.0 Å². The number of carbonyl (C=O) groups excluding carboxylic acids is 1. The van der Waals surface area contributed by atoms with Crippen molar-refractivity contribution >= 4 is 55.5 Å². The zero-order valence-electron chi connectivity index (χ0n) is 20.7. The van der Waals surface area contributed by atoms with Crippen LogP contribution in [0.2, 0.25) is 0 Å². The Bertz CT molecular complexity index is 1770. The number of fused-ring (bicyclic) bond motifs is 2. The number of rotatable bonds is 7. The zero-order valence-corrected chi connectivity index (χ0v) is 21.6. The maximum absolute atomic E-state index is 13.5. The third-order valence-electron chi connectivity index (χ3n) is 6.14. The molecule has 8 nitrogen and oxygen atoms in total. The van der Waals surface area contributed by atoms with Crippen molar-refractivity contribution in [3.05, 3.63) is 114 Å². The summed E-state index contributed by atoms with van der Waals surface area (Å²) in [5, 5.41) is 10.9. The monoisotopic (exact) mass is 554 g/mol. The number of phenols is 1. The molecule has 1 aromatic heterocycles.